The summed E-state index contributed by atoms with van der Waals surface area (Å²) in [6.45, 7) is 0.197. The molecule has 76 heavy (non-hydrogen) atoms. The number of nitrogens with zero attached hydrogens (tertiary/aromatic N) is 1. The van der Waals surface area contributed by atoms with E-state index in [2.05, 4.69) is 37.2 Å². The van der Waals surface area contributed by atoms with Crippen LogP contribution in [0.4, 0.5) is 0 Å². The first-order valence-corrected chi connectivity index (χ1v) is 25.0. The molecule has 1 saturated heterocycles. The molecular weight excluding hydrogens is 1040 g/mol. The van der Waals surface area contributed by atoms with Crippen molar-refractivity contribution in [1.29, 1.82) is 0 Å². The van der Waals surface area contributed by atoms with Crippen LogP contribution in [0.15, 0.2) is 0 Å². The number of unbranched alkanes of at least 4 members (excludes halogenated alkanes) is 1. The number of amides is 10. The van der Waals surface area contributed by atoms with E-state index in [1.165, 1.54) is 11.8 Å². The van der Waals surface area contributed by atoms with Crippen LogP contribution in [-0.2, 0) is 71.9 Å². The van der Waals surface area contributed by atoms with Gasteiger partial charge in [-0.2, -0.15) is 11.8 Å². The Morgan fingerprint density at radius 3 is 1.63 bits per heavy atom. The molecule has 1 rings (SSSR count). The van der Waals surface area contributed by atoms with Crippen LogP contribution in [0.1, 0.15) is 90.4 Å². The van der Waals surface area contributed by atoms with E-state index in [-0.39, 0.29) is 50.9 Å². The molecule has 33 heteroatoms. The molecule has 32 nitrogen and oxygen atoms in total. The normalized spacial score (nSPS) is 16.0. The van der Waals surface area contributed by atoms with Crippen LogP contribution in [0.3, 0.4) is 0 Å². The van der Waals surface area contributed by atoms with Crippen LogP contribution in [0, 0.1) is 0 Å². The lowest BCUT2D eigenvalue weighted by molar-refractivity contribution is -0.147. The topological polar surface area (TPSA) is 535 Å². The summed E-state index contributed by atoms with van der Waals surface area (Å²) < 4.78 is 0. The van der Waals surface area contributed by atoms with Crippen molar-refractivity contribution in [2.75, 3.05) is 31.6 Å². The number of nitrogens with one attached hydrogen (secondary N) is 8. The van der Waals surface area contributed by atoms with Crippen LogP contribution >= 0.6 is 11.8 Å². The monoisotopic (exact) mass is 1100 g/mol. The molecule has 426 valence electrons. The Labute approximate surface area is 438 Å². The third kappa shape index (κ3) is 25.0. The van der Waals surface area contributed by atoms with Crippen molar-refractivity contribution in [1.82, 2.24) is 47.4 Å². The Hall–Kier alpha value is -7.68. The Morgan fingerprint density at radius 1 is 0.579 bits per heavy atom. The maximum absolute atomic E-state index is 13.6. The van der Waals surface area contributed by atoms with Crippen molar-refractivity contribution in [3.05, 3.63) is 0 Å². The van der Waals surface area contributed by atoms with E-state index in [1.807, 2.05) is 5.32 Å². The molecule has 10 amide bonds. The van der Waals surface area contributed by atoms with Crippen LogP contribution in [0.5, 0.6) is 0 Å². The van der Waals surface area contributed by atoms with Crippen molar-refractivity contribution < 1.29 is 97.5 Å². The number of carboxylic acids is 5. The number of likely N-dealkylation sites (tertiary alicyclic amines) is 1. The molecule has 0 bridgehead atoms. The summed E-state index contributed by atoms with van der Waals surface area (Å²) in [4.78, 5) is 190. The maximum atomic E-state index is 13.6. The van der Waals surface area contributed by atoms with Gasteiger partial charge in [-0.3, -0.25) is 67.1 Å². The summed E-state index contributed by atoms with van der Waals surface area (Å²) in [5.41, 5.74) is 16.4. The van der Waals surface area contributed by atoms with Crippen molar-refractivity contribution in [3.63, 3.8) is 0 Å². The SMILES string of the molecule is CSCC[C@H](NC(=O)[C@@H](N)CCC(=O)O)C(=O)N[C@@H](CC(=O)O)C(=O)N[C@@H](C)C(=O)N[C@@H](CCC(N)=O)C(=O)N[C@@H](CC(=O)O)C(=O)NCC(=O)N[C@@H](CC(=O)O)C(=O)N1CCC[C@H]1C(=O)N[C@@H](CCCCN)C(=O)O. The quantitative estimate of drug-likeness (QED) is 0.0257. The number of primary amides is 1. The highest BCUT2D eigenvalue weighted by Crippen LogP contribution is 2.20. The highest BCUT2D eigenvalue weighted by atomic mass is 32.2. The van der Waals surface area contributed by atoms with E-state index in [0.717, 1.165) is 11.8 Å². The Balaban J connectivity index is 3.18. The Kier molecular flexibility index (Phi) is 29.7. The van der Waals surface area contributed by atoms with Gasteiger partial charge in [-0.25, -0.2) is 4.79 Å². The Morgan fingerprint density at radius 2 is 1.11 bits per heavy atom. The smallest absolute Gasteiger partial charge is 0.326 e. The third-order valence-electron chi connectivity index (χ3n) is 11.2. The summed E-state index contributed by atoms with van der Waals surface area (Å²) in [6.07, 6.45) is -2.39. The number of carbonyl (C=O) groups is 15. The Bertz CT molecular complexity index is 2150. The largest absolute Gasteiger partial charge is 0.481 e. The van der Waals surface area contributed by atoms with Crippen molar-refractivity contribution >= 4 is 101 Å². The van der Waals surface area contributed by atoms with Gasteiger partial charge >= 0.3 is 29.8 Å². The zero-order chi connectivity index (χ0) is 57.8. The van der Waals surface area contributed by atoms with Gasteiger partial charge in [0.2, 0.25) is 59.1 Å². The molecule has 0 saturated carbocycles. The fourth-order valence-corrected chi connectivity index (χ4v) is 7.64. The number of carbonyl (C=O) groups excluding carboxylic acids is 10. The van der Waals surface area contributed by atoms with Gasteiger partial charge in [0.15, 0.2) is 0 Å². The highest BCUT2D eigenvalue weighted by Gasteiger charge is 2.40. The third-order valence-corrected chi connectivity index (χ3v) is 11.8. The first-order valence-electron chi connectivity index (χ1n) is 23.6. The minimum atomic E-state index is -2.03. The fraction of sp³-hybridized carbons (Fsp3) is 0.651. The zero-order valence-corrected chi connectivity index (χ0v) is 42.5. The van der Waals surface area contributed by atoms with E-state index >= 15 is 0 Å². The standard InChI is InChI=1S/C43H68N12O20S/c1-20(48-40(71)26(17-33(62)63)54-39(70)23(12-15-76-2)51-36(67)21(45)8-11-31(58)59)35(66)50-22(9-10-29(46)56)38(69)53-25(16-32(60)61)37(68)47-19-30(57)49-27(18-34(64)65)42(73)55-14-5-7-28(55)41(72)52-24(43(74)75)6-3-4-13-44/h20-28H,3-19,44-45H2,1-2H3,(H2,46,56)(H,47,68)(H,48,71)(H,49,57)(H,50,66)(H,51,67)(H,52,72)(H,53,69)(H,54,70)(H,58,59)(H,60,61)(H,62,63)(H,64,65)(H,74,75)/t20-,21-,22-,23-,24-,25-,26-,27-,28-/m0/s1. The molecule has 19 N–H and O–H groups in total. The number of rotatable bonds is 37. The van der Waals surface area contributed by atoms with Gasteiger partial charge in [-0.15, -0.1) is 0 Å². The second kappa shape index (κ2) is 34.0. The van der Waals surface area contributed by atoms with E-state index in [1.54, 1.807) is 6.26 Å². The van der Waals surface area contributed by atoms with E-state index in [9.17, 15) is 92.3 Å². The van der Waals surface area contributed by atoms with Crippen LogP contribution < -0.4 is 59.7 Å². The predicted octanol–water partition coefficient (Wildman–Crippen LogP) is -6.64. The van der Waals surface area contributed by atoms with E-state index < -0.39 is 188 Å². The molecule has 0 aromatic rings. The number of carboxylic acid groups (broad SMARTS) is 5. The lowest BCUT2D eigenvalue weighted by Crippen LogP contribution is -2.59. The number of hydrogen-bond donors (Lipinski definition) is 16. The number of thioether (sulfide) groups is 1. The average molecular weight is 1110 g/mol. The average Bonchev–Trinajstić information content (AvgIpc) is 3.83. The van der Waals surface area contributed by atoms with Gasteiger partial charge in [-0.1, -0.05) is 0 Å². The van der Waals surface area contributed by atoms with E-state index in [4.69, 9.17) is 22.3 Å². The first kappa shape index (κ1) is 66.3. The van der Waals surface area contributed by atoms with Gasteiger partial charge in [0, 0.05) is 19.4 Å². The molecule has 1 heterocycles. The molecule has 0 aromatic heterocycles. The van der Waals surface area contributed by atoms with Gasteiger partial charge in [0.05, 0.1) is 31.8 Å². The second-order valence-electron chi connectivity index (χ2n) is 17.3. The summed E-state index contributed by atoms with van der Waals surface area (Å²) in [7, 11) is 0. The molecule has 1 fully saturated rings. The summed E-state index contributed by atoms with van der Waals surface area (Å²) in [5.74, 6) is -18.3. The molecule has 9 atom stereocenters. The van der Waals surface area contributed by atoms with Crippen molar-refractivity contribution in [2.24, 2.45) is 17.2 Å². The van der Waals surface area contributed by atoms with Gasteiger partial charge in [0.25, 0.3) is 0 Å². The maximum Gasteiger partial charge on any atom is 0.326 e. The molecule has 0 spiro atoms. The fourth-order valence-electron chi connectivity index (χ4n) is 7.17. The first-order chi connectivity index (χ1) is 35.6. The molecular formula is C43H68N12O20S. The molecule has 0 aliphatic carbocycles. The highest BCUT2D eigenvalue weighted by molar-refractivity contribution is 7.98. The van der Waals surface area contributed by atoms with Crippen LogP contribution in [-0.4, -0.2) is 205 Å². The second-order valence-corrected chi connectivity index (χ2v) is 18.3. The molecule has 1 aliphatic heterocycles. The molecule has 1 aliphatic rings. The van der Waals surface area contributed by atoms with Crippen LogP contribution in [0.25, 0.3) is 0 Å². The van der Waals surface area contributed by atoms with Crippen LogP contribution in [0.2, 0.25) is 0 Å². The van der Waals surface area contributed by atoms with E-state index in [0.29, 0.717) is 12.8 Å². The van der Waals surface area contributed by atoms with Gasteiger partial charge < -0.3 is 90.2 Å². The van der Waals surface area contributed by atoms with Crippen molar-refractivity contribution in [3.8, 4) is 0 Å². The van der Waals surface area contributed by atoms with Gasteiger partial charge in [0.1, 0.15) is 48.3 Å². The van der Waals surface area contributed by atoms with Gasteiger partial charge in [-0.05, 0) is 76.8 Å². The zero-order valence-electron chi connectivity index (χ0n) is 41.7. The molecule has 0 unspecified atom stereocenters. The lowest BCUT2D eigenvalue weighted by atomic mass is 10.1. The summed E-state index contributed by atoms with van der Waals surface area (Å²) in [5, 5.41) is 64.6. The lowest BCUT2D eigenvalue weighted by Gasteiger charge is -2.29. The minimum absolute atomic E-state index is 0.0297. The number of nitrogens with two attached hydrogens (primary N) is 3. The number of aliphatic carboxylic acids is 5. The molecule has 0 aromatic carbocycles. The summed E-state index contributed by atoms with van der Waals surface area (Å²) in [6, 6.07) is -14.5. The summed E-state index contributed by atoms with van der Waals surface area (Å²) >= 11 is 1.26. The predicted molar refractivity (Wildman–Crippen MR) is 261 cm³/mol. The number of hydrogen-bond acceptors (Lipinski definition) is 18. The van der Waals surface area contributed by atoms with Crippen molar-refractivity contribution in [2.45, 2.75) is 145 Å². The minimum Gasteiger partial charge on any atom is -0.481 e. The molecule has 0 radical (unpaired) electrons.